The van der Waals surface area contributed by atoms with Crippen molar-refractivity contribution >= 4 is 23.9 Å². The number of carbonyl (C=O) groups is 4. The van der Waals surface area contributed by atoms with Gasteiger partial charge in [-0.15, -0.1) is 0 Å². The van der Waals surface area contributed by atoms with Gasteiger partial charge in [0.1, 0.15) is 13.2 Å². The fourth-order valence-electron chi connectivity index (χ4n) is 3.99. The Labute approximate surface area is 190 Å². The van der Waals surface area contributed by atoms with Crippen LogP contribution in [0, 0.1) is 5.41 Å². The van der Waals surface area contributed by atoms with E-state index in [0.29, 0.717) is 12.8 Å². The molecule has 0 saturated heterocycles. The summed E-state index contributed by atoms with van der Waals surface area (Å²) < 4.78 is 5.36. The van der Waals surface area contributed by atoms with Crippen LogP contribution >= 0.6 is 0 Å². The molecule has 2 aliphatic rings. The van der Waals surface area contributed by atoms with E-state index < -0.39 is 29.3 Å². The third kappa shape index (κ3) is 4.97. The van der Waals surface area contributed by atoms with E-state index in [1.54, 1.807) is 0 Å². The van der Waals surface area contributed by atoms with E-state index in [1.807, 2.05) is 48.5 Å². The second kappa shape index (κ2) is 9.32. The number of carboxylic acids is 1. The quantitative estimate of drug-likeness (QED) is 0.458. The first-order valence-corrected chi connectivity index (χ1v) is 10.8. The number of ether oxygens (including phenoxy) is 1. The van der Waals surface area contributed by atoms with Crippen LogP contribution in [0.2, 0.25) is 0 Å². The zero-order chi connectivity index (χ0) is 23.4. The number of aliphatic carboxylic acids is 1. The Morgan fingerprint density at radius 2 is 1.39 bits per heavy atom. The zero-order valence-corrected chi connectivity index (χ0v) is 17.9. The molecule has 0 spiro atoms. The topological polar surface area (TPSA) is 134 Å². The lowest BCUT2D eigenvalue weighted by atomic mass is 9.98. The summed E-state index contributed by atoms with van der Waals surface area (Å²) in [5, 5.41) is 16.4. The van der Waals surface area contributed by atoms with Crippen molar-refractivity contribution in [3.8, 4) is 11.1 Å². The summed E-state index contributed by atoms with van der Waals surface area (Å²) in [5.41, 5.74) is 3.55. The molecule has 1 fully saturated rings. The maximum absolute atomic E-state index is 12.1. The molecule has 2 aromatic rings. The Hall–Kier alpha value is -3.88. The molecule has 1 saturated carbocycles. The van der Waals surface area contributed by atoms with Crippen LogP contribution in [-0.2, 0) is 19.1 Å². The Morgan fingerprint density at radius 3 is 1.97 bits per heavy atom. The highest BCUT2D eigenvalue weighted by Gasteiger charge is 2.50. The van der Waals surface area contributed by atoms with Crippen molar-refractivity contribution < 1.29 is 29.0 Å². The van der Waals surface area contributed by atoms with Gasteiger partial charge in [-0.1, -0.05) is 48.5 Å². The molecule has 0 aromatic heterocycles. The average molecular weight is 451 g/mol. The first-order valence-electron chi connectivity index (χ1n) is 10.8. The van der Waals surface area contributed by atoms with E-state index in [4.69, 9.17) is 9.84 Å². The van der Waals surface area contributed by atoms with Gasteiger partial charge in [0.15, 0.2) is 0 Å². The lowest BCUT2D eigenvalue weighted by Gasteiger charge is -2.14. The molecule has 4 N–H and O–H groups in total. The highest BCUT2D eigenvalue weighted by Crippen LogP contribution is 2.45. The minimum absolute atomic E-state index is 0.0367. The fourth-order valence-corrected chi connectivity index (χ4v) is 3.99. The number of amides is 3. The van der Waals surface area contributed by atoms with E-state index >= 15 is 0 Å². The summed E-state index contributed by atoms with van der Waals surface area (Å²) in [4.78, 5) is 46.9. The summed E-state index contributed by atoms with van der Waals surface area (Å²) >= 11 is 0. The van der Waals surface area contributed by atoms with Gasteiger partial charge in [0, 0.05) is 12.5 Å². The maximum Gasteiger partial charge on any atom is 0.407 e. The number of fused-ring (bicyclic) bond motifs is 3. The zero-order valence-electron chi connectivity index (χ0n) is 17.9. The van der Waals surface area contributed by atoms with Crippen LogP contribution in [0.3, 0.4) is 0 Å². The standard InChI is InChI=1S/C24H25N3O6/c28-20(25-11-21(29)27-14-24(9-10-24)22(30)31)12-26-23(32)33-13-19-17-7-3-1-5-15(17)16-6-2-4-8-18(16)19/h1-8,19H,9-14H2,(H,25,28)(H,26,32)(H,27,29)(H,30,31). The van der Waals surface area contributed by atoms with E-state index in [0.717, 1.165) is 22.3 Å². The number of hydrogen-bond acceptors (Lipinski definition) is 5. The minimum Gasteiger partial charge on any atom is -0.481 e. The molecular weight excluding hydrogens is 426 g/mol. The van der Waals surface area contributed by atoms with Gasteiger partial charge in [-0.3, -0.25) is 14.4 Å². The normalized spacial score (nSPS) is 15.0. The lowest BCUT2D eigenvalue weighted by molar-refractivity contribution is -0.143. The van der Waals surface area contributed by atoms with E-state index in [9.17, 15) is 19.2 Å². The lowest BCUT2D eigenvalue weighted by Crippen LogP contribution is -2.43. The first-order chi connectivity index (χ1) is 15.9. The van der Waals surface area contributed by atoms with E-state index in [1.165, 1.54) is 0 Å². The van der Waals surface area contributed by atoms with Gasteiger partial charge in [0.05, 0.1) is 12.0 Å². The second-order valence-corrected chi connectivity index (χ2v) is 8.32. The van der Waals surface area contributed by atoms with Crippen LogP contribution in [-0.4, -0.2) is 55.2 Å². The number of alkyl carbamates (subject to hydrolysis) is 1. The molecule has 9 heteroatoms. The summed E-state index contributed by atoms with van der Waals surface area (Å²) in [6, 6.07) is 16.0. The monoisotopic (exact) mass is 451 g/mol. The number of carbonyl (C=O) groups excluding carboxylic acids is 3. The molecule has 2 aromatic carbocycles. The van der Waals surface area contributed by atoms with Crippen LogP contribution in [0.5, 0.6) is 0 Å². The van der Waals surface area contributed by atoms with Crippen LogP contribution in [0.15, 0.2) is 48.5 Å². The highest BCUT2D eigenvalue weighted by molar-refractivity contribution is 5.87. The molecule has 0 unspecified atom stereocenters. The van der Waals surface area contributed by atoms with E-state index in [-0.39, 0.29) is 32.2 Å². The van der Waals surface area contributed by atoms with Crippen LogP contribution in [0.1, 0.15) is 29.9 Å². The molecule has 9 nitrogen and oxygen atoms in total. The molecule has 3 amide bonds. The van der Waals surface area contributed by atoms with Crippen LogP contribution in [0.25, 0.3) is 11.1 Å². The van der Waals surface area contributed by atoms with Gasteiger partial charge in [-0.2, -0.15) is 0 Å². The summed E-state index contributed by atoms with van der Waals surface area (Å²) in [6.07, 6.45) is 0.325. The van der Waals surface area contributed by atoms with Gasteiger partial charge in [-0.25, -0.2) is 4.79 Å². The second-order valence-electron chi connectivity index (χ2n) is 8.32. The third-order valence-corrected chi connectivity index (χ3v) is 6.11. The molecule has 172 valence electrons. The summed E-state index contributed by atoms with van der Waals surface area (Å²) in [7, 11) is 0. The van der Waals surface area contributed by atoms with Crippen molar-refractivity contribution in [1.82, 2.24) is 16.0 Å². The Bertz CT molecular complexity index is 1050. The molecule has 0 radical (unpaired) electrons. The predicted molar refractivity (Wildman–Crippen MR) is 118 cm³/mol. The predicted octanol–water partition coefficient (Wildman–Crippen LogP) is 1.62. The Kier molecular flexibility index (Phi) is 6.30. The van der Waals surface area contributed by atoms with Gasteiger partial charge in [0.2, 0.25) is 11.8 Å². The first kappa shape index (κ1) is 22.3. The third-order valence-electron chi connectivity index (χ3n) is 6.11. The van der Waals surface area contributed by atoms with Crippen molar-refractivity contribution in [2.24, 2.45) is 5.41 Å². The van der Waals surface area contributed by atoms with Crippen molar-refractivity contribution in [1.29, 1.82) is 0 Å². The van der Waals surface area contributed by atoms with Gasteiger partial charge >= 0.3 is 12.1 Å². The van der Waals surface area contributed by atoms with Crippen LogP contribution < -0.4 is 16.0 Å². The average Bonchev–Trinajstić information content (AvgIpc) is 3.56. The fraction of sp³-hybridized carbons (Fsp3) is 0.333. The number of carboxylic acid groups (broad SMARTS) is 1. The SMILES string of the molecule is O=C(CNC(=O)CNC(=O)OCC1c2ccccc2-c2ccccc21)NCC1(C(=O)O)CC1. The van der Waals surface area contributed by atoms with Crippen molar-refractivity contribution in [3.05, 3.63) is 59.7 Å². The number of rotatable bonds is 9. The van der Waals surface area contributed by atoms with Crippen molar-refractivity contribution in [3.63, 3.8) is 0 Å². The molecule has 0 heterocycles. The smallest absolute Gasteiger partial charge is 0.407 e. The number of nitrogens with one attached hydrogen (secondary N) is 3. The van der Waals surface area contributed by atoms with Crippen molar-refractivity contribution in [2.45, 2.75) is 18.8 Å². The molecule has 0 atom stereocenters. The maximum atomic E-state index is 12.1. The summed E-state index contributed by atoms with van der Waals surface area (Å²) in [5.74, 6) is -2.06. The van der Waals surface area contributed by atoms with Gasteiger partial charge in [0.25, 0.3) is 0 Å². The van der Waals surface area contributed by atoms with Crippen molar-refractivity contribution in [2.75, 3.05) is 26.2 Å². The van der Waals surface area contributed by atoms with Gasteiger partial charge < -0.3 is 25.8 Å². The molecule has 33 heavy (non-hydrogen) atoms. The number of hydrogen-bond donors (Lipinski definition) is 4. The Balaban J connectivity index is 1.18. The Morgan fingerprint density at radius 1 is 0.848 bits per heavy atom. The molecule has 0 aliphatic heterocycles. The molecular formula is C24H25N3O6. The van der Waals surface area contributed by atoms with Crippen LogP contribution in [0.4, 0.5) is 4.79 Å². The molecule has 2 aliphatic carbocycles. The van der Waals surface area contributed by atoms with Gasteiger partial charge in [-0.05, 0) is 35.1 Å². The largest absolute Gasteiger partial charge is 0.481 e. The molecule has 4 rings (SSSR count). The molecule has 0 bridgehead atoms. The number of benzene rings is 2. The van der Waals surface area contributed by atoms with E-state index in [2.05, 4.69) is 16.0 Å². The minimum atomic E-state index is -0.931. The summed E-state index contributed by atoms with van der Waals surface area (Å²) in [6.45, 7) is -0.478. The highest BCUT2D eigenvalue weighted by atomic mass is 16.5.